The molecular formula is C9H16N4O2. The van der Waals surface area contributed by atoms with Gasteiger partial charge in [-0.1, -0.05) is 20.8 Å². The lowest BCUT2D eigenvalue weighted by molar-refractivity contribution is 0.0688. The maximum Gasteiger partial charge on any atom is 0.358 e. The Kier molecular flexibility index (Phi) is 3.79. The third kappa shape index (κ3) is 2.53. The smallest absolute Gasteiger partial charge is 0.358 e. The van der Waals surface area contributed by atoms with Crippen LogP contribution in [-0.2, 0) is 0 Å². The zero-order valence-corrected chi connectivity index (χ0v) is 9.11. The molecule has 0 spiro atoms. The summed E-state index contributed by atoms with van der Waals surface area (Å²) in [4.78, 5) is 10.9. The fraction of sp³-hybridized carbons (Fsp3) is 0.667. The first kappa shape index (κ1) is 11.6. The van der Waals surface area contributed by atoms with Gasteiger partial charge in [0, 0.05) is 0 Å². The van der Waals surface area contributed by atoms with Crippen LogP contribution in [0, 0.1) is 5.92 Å². The van der Waals surface area contributed by atoms with E-state index in [4.69, 9.17) is 5.11 Å². The van der Waals surface area contributed by atoms with E-state index in [0.717, 1.165) is 6.54 Å². The van der Waals surface area contributed by atoms with Crippen molar-refractivity contribution < 1.29 is 9.90 Å². The van der Waals surface area contributed by atoms with E-state index in [2.05, 4.69) is 20.7 Å². The predicted octanol–water partition coefficient (Wildman–Crippen LogP) is 0.809. The molecule has 1 atom stereocenters. The van der Waals surface area contributed by atoms with Crippen LogP contribution in [0.25, 0.3) is 0 Å². The van der Waals surface area contributed by atoms with Crippen molar-refractivity contribution in [2.45, 2.75) is 26.8 Å². The first-order chi connectivity index (χ1) is 7.07. The maximum absolute atomic E-state index is 10.9. The Morgan fingerprint density at radius 2 is 2.20 bits per heavy atom. The van der Waals surface area contributed by atoms with E-state index < -0.39 is 5.97 Å². The van der Waals surface area contributed by atoms with Gasteiger partial charge in [0.15, 0.2) is 5.69 Å². The average Bonchev–Trinajstić information content (AvgIpc) is 2.61. The number of carboxylic acid groups (broad SMARTS) is 1. The van der Waals surface area contributed by atoms with Gasteiger partial charge in [-0.15, -0.1) is 5.10 Å². The monoisotopic (exact) mass is 212 g/mol. The predicted molar refractivity (Wildman–Crippen MR) is 54.6 cm³/mol. The van der Waals surface area contributed by atoms with Gasteiger partial charge in [-0.05, 0) is 12.5 Å². The summed E-state index contributed by atoms with van der Waals surface area (Å²) in [5, 5.41) is 22.0. The normalized spacial score (nSPS) is 13.1. The average molecular weight is 212 g/mol. The van der Waals surface area contributed by atoms with E-state index >= 15 is 0 Å². The molecule has 15 heavy (non-hydrogen) atoms. The van der Waals surface area contributed by atoms with Crippen molar-refractivity contribution in [1.29, 1.82) is 0 Å². The summed E-state index contributed by atoms with van der Waals surface area (Å²) in [5.41, 5.74) is 0.467. The minimum atomic E-state index is -1.05. The van der Waals surface area contributed by atoms with Gasteiger partial charge in [-0.25, -0.2) is 4.79 Å². The largest absolute Gasteiger partial charge is 0.476 e. The molecule has 0 fully saturated rings. The molecule has 1 unspecified atom stereocenters. The molecule has 0 aliphatic heterocycles. The third-order valence-corrected chi connectivity index (χ3v) is 2.16. The lowest BCUT2D eigenvalue weighted by Gasteiger charge is -2.19. The highest BCUT2D eigenvalue weighted by Crippen LogP contribution is 2.21. The Hall–Kier alpha value is -1.43. The number of aromatic carboxylic acids is 1. The minimum absolute atomic E-state index is 0.00495. The Morgan fingerprint density at radius 1 is 1.53 bits per heavy atom. The van der Waals surface area contributed by atoms with Crippen LogP contribution in [0.4, 0.5) is 0 Å². The van der Waals surface area contributed by atoms with Crippen LogP contribution in [-0.4, -0.2) is 33.0 Å². The molecule has 0 bridgehead atoms. The summed E-state index contributed by atoms with van der Waals surface area (Å²) >= 11 is 0. The van der Waals surface area contributed by atoms with Crippen molar-refractivity contribution in [3.63, 3.8) is 0 Å². The zero-order valence-electron chi connectivity index (χ0n) is 9.11. The molecule has 1 aromatic rings. The second-order valence-electron chi connectivity index (χ2n) is 3.64. The van der Waals surface area contributed by atoms with Gasteiger partial charge in [0.05, 0.1) is 6.04 Å². The van der Waals surface area contributed by atoms with Gasteiger partial charge >= 0.3 is 5.97 Å². The highest BCUT2D eigenvalue weighted by molar-refractivity contribution is 5.86. The lowest BCUT2D eigenvalue weighted by atomic mass is 9.99. The number of nitrogens with one attached hydrogen (secondary N) is 2. The highest BCUT2D eigenvalue weighted by Gasteiger charge is 2.25. The van der Waals surface area contributed by atoms with Crippen molar-refractivity contribution in [3.8, 4) is 0 Å². The Bertz CT molecular complexity index is 335. The molecule has 0 aromatic carbocycles. The molecule has 1 aromatic heterocycles. The van der Waals surface area contributed by atoms with Crippen LogP contribution in [0.3, 0.4) is 0 Å². The first-order valence-electron chi connectivity index (χ1n) is 4.95. The molecule has 0 saturated carbocycles. The van der Waals surface area contributed by atoms with Gasteiger partial charge < -0.3 is 10.4 Å². The molecule has 1 heterocycles. The van der Waals surface area contributed by atoms with Gasteiger partial charge in [-0.2, -0.15) is 10.3 Å². The topological polar surface area (TPSA) is 90.9 Å². The molecule has 0 aliphatic rings. The number of H-pyrrole nitrogens is 1. The van der Waals surface area contributed by atoms with Crippen LogP contribution in [0.5, 0.6) is 0 Å². The molecule has 84 valence electrons. The van der Waals surface area contributed by atoms with Crippen molar-refractivity contribution >= 4 is 5.97 Å². The van der Waals surface area contributed by atoms with Gasteiger partial charge in [0.25, 0.3) is 0 Å². The third-order valence-electron chi connectivity index (χ3n) is 2.16. The summed E-state index contributed by atoms with van der Waals surface area (Å²) < 4.78 is 0. The molecule has 0 aliphatic carbocycles. The molecule has 6 heteroatoms. The molecule has 0 saturated heterocycles. The van der Waals surface area contributed by atoms with Crippen LogP contribution in [0.15, 0.2) is 0 Å². The molecule has 6 nitrogen and oxygen atoms in total. The van der Waals surface area contributed by atoms with Crippen LogP contribution < -0.4 is 5.32 Å². The number of aromatic nitrogens is 3. The Morgan fingerprint density at radius 3 is 2.67 bits per heavy atom. The number of hydrogen-bond acceptors (Lipinski definition) is 4. The number of hydrogen-bond donors (Lipinski definition) is 3. The summed E-state index contributed by atoms with van der Waals surface area (Å²) in [6.07, 6.45) is 0. The van der Waals surface area contributed by atoms with Crippen LogP contribution in [0.1, 0.15) is 43.0 Å². The minimum Gasteiger partial charge on any atom is -0.476 e. The number of carboxylic acids is 1. The van der Waals surface area contributed by atoms with E-state index in [1.807, 2.05) is 20.8 Å². The molecule has 3 N–H and O–H groups in total. The van der Waals surface area contributed by atoms with Gasteiger partial charge in [0.1, 0.15) is 5.69 Å². The lowest BCUT2D eigenvalue weighted by Crippen LogP contribution is -2.27. The number of rotatable bonds is 5. The summed E-state index contributed by atoms with van der Waals surface area (Å²) in [6.45, 7) is 6.74. The fourth-order valence-corrected chi connectivity index (χ4v) is 1.48. The quantitative estimate of drug-likeness (QED) is 0.671. The molecular weight excluding hydrogens is 196 g/mol. The first-order valence-corrected chi connectivity index (χ1v) is 4.95. The number of nitrogens with zero attached hydrogens (tertiary/aromatic N) is 2. The second-order valence-corrected chi connectivity index (χ2v) is 3.64. The summed E-state index contributed by atoms with van der Waals surface area (Å²) in [6, 6.07) is -0.0835. The SMILES string of the molecule is CCNC(c1n[nH]nc1C(=O)O)C(C)C. The number of carbonyl (C=O) groups is 1. The Labute approximate surface area is 88.1 Å². The van der Waals surface area contributed by atoms with E-state index in [-0.39, 0.29) is 17.7 Å². The zero-order chi connectivity index (χ0) is 11.4. The van der Waals surface area contributed by atoms with Crippen LogP contribution >= 0.6 is 0 Å². The second kappa shape index (κ2) is 4.88. The molecule has 1 rings (SSSR count). The standard InChI is InChI=1S/C9H16N4O2/c1-4-10-6(5(2)3)7-8(9(14)15)12-13-11-7/h5-6,10H,4H2,1-3H3,(H,14,15)(H,11,12,13). The van der Waals surface area contributed by atoms with Crippen molar-refractivity contribution in [3.05, 3.63) is 11.4 Å². The van der Waals surface area contributed by atoms with E-state index in [1.165, 1.54) is 0 Å². The highest BCUT2D eigenvalue weighted by atomic mass is 16.4. The summed E-state index contributed by atoms with van der Waals surface area (Å²) in [7, 11) is 0. The Balaban J connectivity index is 3.00. The van der Waals surface area contributed by atoms with Crippen molar-refractivity contribution in [2.24, 2.45) is 5.92 Å². The molecule has 0 amide bonds. The van der Waals surface area contributed by atoms with E-state index in [1.54, 1.807) is 0 Å². The van der Waals surface area contributed by atoms with Crippen molar-refractivity contribution in [2.75, 3.05) is 6.54 Å². The number of aromatic amines is 1. The van der Waals surface area contributed by atoms with E-state index in [9.17, 15) is 4.79 Å². The fourth-order valence-electron chi connectivity index (χ4n) is 1.48. The van der Waals surface area contributed by atoms with Crippen LogP contribution in [0.2, 0.25) is 0 Å². The van der Waals surface area contributed by atoms with E-state index in [0.29, 0.717) is 5.69 Å². The maximum atomic E-state index is 10.9. The summed E-state index contributed by atoms with van der Waals surface area (Å²) in [5.74, 6) is -0.796. The van der Waals surface area contributed by atoms with Gasteiger partial charge in [-0.3, -0.25) is 0 Å². The van der Waals surface area contributed by atoms with Crippen molar-refractivity contribution in [1.82, 2.24) is 20.7 Å². The molecule has 0 radical (unpaired) electrons. The van der Waals surface area contributed by atoms with Gasteiger partial charge in [0.2, 0.25) is 0 Å².